The number of nitrogens with zero attached hydrogens (tertiary/aromatic N) is 3. The summed E-state index contributed by atoms with van der Waals surface area (Å²) in [6.45, 7) is 0.194. The topological polar surface area (TPSA) is 110 Å². The van der Waals surface area contributed by atoms with Gasteiger partial charge in [0, 0.05) is 29.9 Å². The van der Waals surface area contributed by atoms with Crippen molar-refractivity contribution < 1.29 is 13.2 Å². The molecule has 138 valence electrons. The Bertz CT molecular complexity index is 1150. The summed E-state index contributed by atoms with van der Waals surface area (Å²) in [4.78, 5) is 11.9. The highest BCUT2D eigenvalue weighted by atomic mass is 32.2. The number of rotatable bonds is 3. The van der Waals surface area contributed by atoms with Crippen molar-refractivity contribution in [3.63, 3.8) is 0 Å². The number of hydrogen-bond acceptors (Lipinski definition) is 5. The average molecular weight is 383 g/mol. The molecular weight excluding hydrogens is 366 g/mol. The summed E-state index contributed by atoms with van der Waals surface area (Å²) in [7, 11) is -2.00. The molecule has 0 saturated carbocycles. The Morgan fingerprint density at radius 1 is 1.22 bits per heavy atom. The summed E-state index contributed by atoms with van der Waals surface area (Å²) in [5.74, 6) is 4.61. The Kier molecular flexibility index (Phi) is 3.97. The van der Waals surface area contributed by atoms with E-state index in [-0.39, 0.29) is 17.0 Å². The SMILES string of the molecule is Cn1cc(-c2ccccc2N2Cc3ccc(C(=O)NN)cc3S2(=O)=O)cn1. The molecule has 27 heavy (non-hydrogen) atoms. The van der Waals surface area contributed by atoms with E-state index in [9.17, 15) is 13.2 Å². The first-order valence-corrected chi connectivity index (χ1v) is 9.60. The lowest BCUT2D eigenvalue weighted by Crippen LogP contribution is -2.30. The van der Waals surface area contributed by atoms with E-state index >= 15 is 0 Å². The van der Waals surface area contributed by atoms with Crippen LogP contribution in [0.1, 0.15) is 15.9 Å². The number of hydrazine groups is 1. The highest BCUT2D eigenvalue weighted by molar-refractivity contribution is 7.93. The molecular formula is C18H17N5O3S. The molecule has 0 atom stereocenters. The molecule has 2 aromatic carbocycles. The summed E-state index contributed by atoms with van der Waals surface area (Å²) in [6.07, 6.45) is 3.52. The number of amides is 1. The zero-order valence-electron chi connectivity index (χ0n) is 14.5. The molecule has 3 aromatic rings. The lowest BCUT2D eigenvalue weighted by molar-refractivity contribution is 0.0953. The minimum Gasteiger partial charge on any atom is -0.290 e. The largest absolute Gasteiger partial charge is 0.290 e. The molecule has 0 spiro atoms. The quantitative estimate of drug-likeness (QED) is 0.404. The second-order valence-electron chi connectivity index (χ2n) is 6.23. The van der Waals surface area contributed by atoms with Crippen LogP contribution in [-0.2, 0) is 23.6 Å². The van der Waals surface area contributed by atoms with Crippen LogP contribution >= 0.6 is 0 Å². The third kappa shape index (κ3) is 2.77. The Morgan fingerprint density at radius 2 is 2.00 bits per heavy atom. The molecule has 0 unspecified atom stereocenters. The lowest BCUT2D eigenvalue weighted by Gasteiger charge is -2.20. The van der Waals surface area contributed by atoms with E-state index in [2.05, 4.69) is 5.10 Å². The maximum Gasteiger partial charge on any atom is 0.265 e. The molecule has 1 aliphatic heterocycles. The number of carbonyl (C=O) groups excluding carboxylic acids is 1. The number of aryl methyl sites for hydroxylation is 1. The summed E-state index contributed by atoms with van der Waals surface area (Å²) in [5.41, 5.74) is 4.99. The molecule has 0 saturated heterocycles. The van der Waals surface area contributed by atoms with Gasteiger partial charge in [0.25, 0.3) is 15.9 Å². The van der Waals surface area contributed by atoms with E-state index < -0.39 is 15.9 Å². The number of aromatic nitrogens is 2. The van der Waals surface area contributed by atoms with Crippen molar-refractivity contribution in [3.05, 3.63) is 66.0 Å². The van der Waals surface area contributed by atoms with E-state index in [1.54, 1.807) is 42.2 Å². The van der Waals surface area contributed by atoms with Crippen LogP contribution in [0.5, 0.6) is 0 Å². The van der Waals surface area contributed by atoms with Gasteiger partial charge in [0.1, 0.15) is 0 Å². The Hall–Kier alpha value is -3.17. The van der Waals surface area contributed by atoms with Crippen LogP contribution in [0.3, 0.4) is 0 Å². The van der Waals surface area contributed by atoms with Crippen molar-refractivity contribution >= 4 is 21.6 Å². The van der Waals surface area contributed by atoms with E-state index in [1.807, 2.05) is 23.8 Å². The minimum atomic E-state index is -3.80. The van der Waals surface area contributed by atoms with Gasteiger partial charge in [-0.15, -0.1) is 0 Å². The van der Waals surface area contributed by atoms with Gasteiger partial charge < -0.3 is 0 Å². The Labute approximate surface area is 156 Å². The number of sulfonamides is 1. The second-order valence-corrected chi connectivity index (χ2v) is 8.06. The molecule has 0 fully saturated rings. The van der Waals surface area contributed by atoms with E-state index in [4.69, 9.17) is 5.84 Å². The van der Waals surface area contributed by atoms with Gasteiger partial charge in [-0.3, -0.25) is 19.2 Å². The van der Waals surface area contributed by atoms with Gasteiger partial charge in [0.2, 0.25) is 0 Å². The number of nitrogens with one attached hydrogen (secondary N) is 1. The van der Waals surface area contributed by atoms with Gasteiger partial charge >= 0.3 is 0 Å². The number of nitrogens with two attached hydrogens (primary N) is 1. The van der Waals surface area contributed by atoms with Gasteiger partial charge in [-0.2, -0.15) is 5.10 Å². The van der Waals surface area contributed by atoms with Crippen LogP contribution in [0.2, 0.25) is 0 Å². The van der Waals surface area contributed by atoms with Crippen LogP contribution in [-0.4, -0.2) is 24.1 Å². The van der Waals surface area contributed by atoms with Crippen molar-refractivity contribution in [2.24, 2.45) is 12.9 Å². The molecule has 1 aromatic heterocycles. The number of nitrogen functional groups attached to an aromatic ring is 1. The molecule has 4 rings (SSSR count). The fourth-order valence-corrected chi connectivity index (χ4v) is 4.92. The first-order valence-electron chi connectivity index (χ1n) is 8.16. The third-order valence-corrected chi connectivity index (χ3v) is 6.37. The third-order valence-electron chi connectivity index (χ3n) is 4.53. The van der Waals surface area contributed by atoms with E-state index in [0.717, 1.165) is 11.1 Å². The van der Waals surface area contributed by atoms with Crippen LogP contribution in [0.15, 0.2) is 59.8 Å². The summed E-state index contributed by atoms with van der Waals surface area (Å²) < 4.78 is 29.4. The average Bonchev–Trinajstić information content (AvgIpc) is 3.21. The molecule has 3 N–H and O–H groups in total. The molecule has 0 radical (unpaired) electrons. The fraction of sp³-hybridized carbons (Fsp3) is 0.111. The number of carbonyl (C=O) groups is 1. The molecule has 9 heteroatoms. The van der Waals surface area contributed by atoms with Crippen LogP contribution in [0, 0.1) is 0 Å². The molecule has 0 aliphatic carbocycles. The zero-order valence-corrected chi connectivity index (χ0v) is 15.3. The standard InChI is InChI=1S/C18H17N5O3S/c1-22-10-14(9-20-22)15-4-2-3-5-16(15)23-11-13-7-6-12(18(24)21-19)8-17(13)27(23,25)26/h2-10H,11,19H2,1H3,(H,21,24). The van der Waals surface area contributed by atoms with Crippen LogP contribution < -0.4 is 15.6 Å². The van der Waals surface area contributed by atoms with Gasteiger partial charge in [-0.05, 0) is 23.8 Å². The highest BCUT2D eigenvalue weighted by Crippen LogP contribution is 2.39. The van der Waals surface area contributed by atoms with E-state index in [0.29, 0.717) is 11.3 Å². The van der Waals surface area contributed by atoms with E-state index in [1.165, 1.54) is 10.4 Å². The first-order chi connectivity index (χ1) is 12.9. The molecule has 2 heterocycles. The number of anilines is 1. The molecule has 0 bridgehead atoms. The van der Waals surface area contributed by atoms with Crippen LogP contribution in [0.25, 0.3) is 11.1 Å². The number of benzene rings is 2. The van der Waals surface area contributed by atoms with Crippen LogP contribution in [0.4, 0.5) is 5.69 Å². The zero-order chi connectivity index (χ0) is 19.2. The summed E-state index contributed by atoms with van der Waals surface area (Å²) >= 11 is 0. The van der Waals surface area contributed by atoms with Crippen molar-refractivity contribution in [3.8, 4) is 11.1 Å². The number of fused-ring (bicyclic) bond motifs is 1. The summed E-state index contributed by atoms with van der Waals surface area (Å²) in [5, 5.41) is 4.17. The lowest BCUT2D eigenvalue weighted by atomic mass is 10.1. The number of para-hydroxylation sites is 1. The highest BCUT2D eigenvalue weighted by Gasteiger charge is 2.36. The predicted molar refractivity (Wildman–Crippen MR) is 100 cm³/mol. The minimum absolute atomic E-state index is 0.115. The smallest absolute Gasteiger partial charge is 0.265 e. The van der Waals surface area contributed by atoms with Gasteiger partial charge in [0.15, 0.2) is 0 Å². The van der Waals surface area contributed by atoms with Crippen molar-refractivity contribution in [2.75, 3.05) is 4.31 Å². The Morgan fingerprint density at radius 3 is 2.70 bits per heavy atom. The second kappa shape index (κ2) is 6.22. The monoisotopic (exact) mass is 383 g/mol. The summed E-state index contributed by atoms with van der Waals surface area (Å²) in [6, 6.07) is 11.8. The normalized spacial score (nSPS) is 14.8. The van der Waals surface area contributed by atoms with Gasteiger partial charge in [0.05, 0.1) is 23.3 Å². The molecule has 1 amide bonds. The number of hydrogen-bond donors (Lipinski definition) is 2. The Balaban J connectivity index is 1.82. The first kappa shape index (κ1) is 17.3. The predicted octanol–water partition coefficient (Wildman–Crippen LogP) is 1.40. The fourth-order valence-electron chi connectivity index (χ4n) is 3.22. The maximum absolute atomic E-state index is 13.2. The van der Waals surface area contributed by atoms with Crippen molar-refractivity contribution in [1.82, 2.24) is 15.2 Å². The van der Waals surface area contributed by atoms with Crippen molar-refractivity contribution in [1.29, 1.82) is 0 Å². The van der Waals surface area contributed by atoms with Crippen molar-refractivity contribution in [2.45, 2.75) is 11.4 Å². The maximum atomic E-state index is 13.2. The molecule has 8 nitrogen and oxygen atoms in total. The van der Waals surface area contributed by atoms with Gasteiger partial charge in [-0.25, -0.2) is 14.3 Å². The van der Waals surface area contributed by atoms with Gasteiger partial charge in [-0.1, -0.05) is 24.3 Å². The molecule has 1 aliphatic rings.